The summed E-state index contributed by atoms with van der Waals surface area (Å²) in [6, 6.07) is 0. The highest BCUT2D eigenvalue weighted by atomic mass is 16.5. The zero-order valence-electron chi connectivity index (χ0n) is 28.8. The lowest BCUT2D eigenvalue weighted by Crippen LogP contribution is -2.45. The first-order valence-corrected chi connectivity index (χ1v) is 16.3. The zero-order valence-corrected chi connectivity index (χ0v) is 28.8. The molecule has 0 aromatic carbocycles. The first-order chi connectivity index (χ1) is 20.4. The van der Waals surface area contributed by atoms with Gasteiger partial charge >= 0.3 is 0 Å². The Labute approximate surface area is 267 Å². The van der Waals surface area contributed by atoms with E-state index in [1.165, 1.54) is 22.3 Å². The highest BCUT2D eigenvalue weighted by Gasteiger charge is 2.51. The first-order valence-electron chi connectivity index (χ1n) is 16.3. The van der Waals surface area contributed by atoms with Crippen molar-refractivity contribution in [3.8, 4) is 0 Å². The van der Waals surface area contributed by atoms with Crippen LogP contribution in [0.15, 0.2) is 106 Å². The van der Waals surface area contributed by atoms with Crippen LogP contribution in [0.25, 0.3) is 0 Å². The molecular weight excluding hydrogens is 544 g/mol. The molecule has 2 heterocycles. The van der Waals surface area contributed by atoms with E-state index in [0.29, 0.717) is 12.8 Å². The number of aliphatic hydroxyl groups excluding tert-OH is 2. The Morgan fingerprint density at radius 1 is 0.591 bits per heavy atom. The summed E-state index contributed by atoms with van der Waals surface area (Å²) < 4.78 is 12.9. The molecule has 4 aliphatic rings. The van der Waals surface area contributed by atoms with Gasteiger partial charge in [0.25, 0.3) is 0 Å². The normalized spacial score (nSPS) is 36.3. The number of allylic oxidation sites excluding steroid dienone is 12. The molecule has 0 radical (unpaired) electrons. The van der Waals surface area contributed by atoms with Crippen molar-refractivity contribution in [2.75, 3.05) is 0 Å². The number of rotatable bonds is 8. The van der Waals surface area contributed by atoms with Crippen LogP contribution in [0, 0.1) is 10.8 Å². The Kier molecular flexibility index (Phi) is 10.2. The van der Waals surface area contributed by atoms with Gasteiger partial charge in [0.15, 0.2) is 0 Å². The molecule has 4 nitrogen and oxygen atoms in total. The van der Waals surface area contributed by atoms with Crippen LogP contribution in [0.4, 0.5) is 0 Å². The van der Waals surface area contributed by atoms with Crippen molar-refractivity contribution in [1.29, 1.82) is 0 Å². The summed E-state index contributed by atoms with van der Waals surface area (Å²) in [6.45, 7) is 21.5. The lowest BCUT2D eigenvalue weighted by molar-refractivity contribution is -0.0688. The lowest BCUT2D eigenvalue weighted by Gasteiger charge is -2.44. The average Bonchev–Trinajstić information content (AvgIpc) is 3.43. The van der Waals surface area contributed by atoms with Crippen molar-refractivity contribution in [1.82, 2.24) is 0 Å². The minimum Gasteiger partial charge on any atom is -0.393 e. The Hall–Kier alpha value is -2.50. The molecule has 240 valence electrons. The van der Waals surface area contributed by atoms with E-state index in [9.17, 15) is 10.2 Å². The van der Waals surface area contributed by atoms with E-state index in [-0.39, 0.29) is 46.4 Å². The molecule has 0 saturated heterocycles. The molecule has 2 fully saturated rings. The predicted molar refractivity (Wildman–Crippen MR) is 183 cm³/mol. The van der Waals surface area contributed by atoms with Crippen LogP contribution >= 0.6 is 0 Å². The fourth-order valence-electron chi connectivity index (χ4n) is 7.92. The minimum atomic E-state index is -0.386. The minimum absolute atomic E-state index is 0.0509. The monoisotopic (exact) mass is 600 g/mol. The SMILES string of the molecule is C/C(=C/C=C\C(C)=C\C=C/C=C(C)/C=C/C=C(/C)C1C=C2C(C)(C)CC(O)CC2(C)O1)C1C=C2C(C)(C)CC(O)CC2(C)O1. The third kappa shape index (κ3) is 7.83. The summed E-state index contributed by atoms with van der Waals surface area (Å²) in [6.07, 6.45) is 27.7. The number of hydrogen-bond acceptors (Lipinski definition) is 4. The molecule has 2 aliphatic carbocycles. The van der Waals surface area contributed by atoms with Gasteiger partial charge in [-0.1, -0.05) is 99.6 Å². The maximum absolute atomic E-state index is 10.4. The molecule has 4 heteroatoms. The number of aliphatic hydroxyl groups is 2. The lowest BCUT2D eigenvalue weighted by atomic mass is 9.65. The highest BCUT2D eigenvalue weighted by Crippen LogP contribution is 2.53. The quantitative estimate of drug-likeness (QED) is 0.216. The Balaban J connectivity index is 1.29. The number of fused-ring (bicyclic) bond motifs is 2. The van der Waals surface area contributed by atoms with E-state index in [0.717, 1.165) is 24.0 Å². The Bertz CT molecular complexity index is 1270. The van der Waals surface area contributed by atoms with Crippen LogP contribution in [0.5, 0.6) is 0 Å². The second-order valence-electron chi connectivity index (χ2n) is 15.3. The summed E-state index contributed by atoms with van der Waals surface area (Å²) >= 11 is 0. The van der Waals surface area contributed by atoms with E-state index >= 15 is 0 Å². The van der Waals surface area contributed by atoms with Gasteiger partial charge in [-0.3, -0.25) is 0 Å². The fourth-order valence-corrected chi connectivity index (χ4v) is 7.92. The second kappa shape index (κ2) is 13.1. The van der Waals surface area contributed by atoms with E-state index in [1.807, 2.05) is 0 Å². The largest absolute Gasteiger partial charge is 0.393 e. The fraction of sp³-hybridized carbons (Fsp3) is 0.550. The van der Waals surface area contributed by atoms with Crippen LogP contribution in [0.1, 0.15) is 94.9 Å². The van der Waals surface area contributed by atoms with Gasteiger partial charge in [0, 0.05) is 12.8 Å². The molecule has 4 rings (SSSR count). The van der Waals surface area contributed by atoms with Crippen LogP contribution in [-0.4, -0.2) is 45.8 Å². The van der Waals surface area contributed by atoms with Crippen LogP contribution in [0.3, 0.4) is 0 Å². The molecule has 6 atom stereocenters. The van der Waals surface area contributed by atoms with Crippen LogP contribution in [-0.2, 0) is 9.47 Å². The second-order valence-corrected chi connectivity index (χ2v) is 15.3. The molecule has 0 aromatic rings. The molecule has 0 aromatic heterocycles. The molecule has 2 saturated carbocycles. The summed E-state index contributed by atoms with van der Waals surface area (Å²) in [7, 11) is 0. The van der Waals surface area contributed by atoms with Crippen molar-refractivity contribution in [3.05, 3.63) is 106 Å². The summed E-state index contributed by atoms with van der Waals surface area (Å²) in [5.74, 6) is 0. The number of hydrogen-bond donors (Lipinski definition) is 2. The zero-order chi connectivity index (χ0) is 32.5. The number of ether oxygens (including phenoxy) is 2. The summed E-state index contributed by atoms with van der Waals surface area (Å²) in [5.41, 5.74) is 6.43. The van der Waals surface area contributed by atoms with Crippen molar-refractivity contribution >= 4 is 0 Å². The van der Waals surface area contributed by atoms with E-state index in [2.05, 4.69) is 142 Å². The van der Waals surface area contributed by atoms with Gasteiger partial charge in [-0.05, 0) is 99.7 Å². The third-order valence-corrected chi connectivity index (χ3v) is 9.91. The van der Waals surface area contributed by atoms with Crippen LogP contribution < -0.4 is 0 Å². The molecule has 0 bridgehead atoms. The Morgan fingerprint density at radius 3 is 1.32 bits per heavy atom. The topological polar surface area (TPSA) is 58.9 Å². The molecule has 0 spiro atoms. The van der Waals surface area contributed by atoms with Crippen molar-refractivity contribution in [3.63, 3.8) is 0 Å². The van der Waals surface area contributed by atoms with Gasteiger partial charge in [0.1, 0.15) is 0 Å². The van der Waals surface area contributed by atoms with E-state index < -0.39 is 0 Å². The van der Waals surface area contributed by atoms with Crippen molar-refractivity contribution in [2.24, 2.45) is 10.8 Å². The molecular formula is C40H56O4. The maximum atomic E-state index is 10.4. The smallest absolute Gasteiger partial charge is 0.0982 e. The van der Waals surface area contributed by atoms with Gasteiger partial charge in [0.2, 0.25) is 0 Å². The molecule has 2 aliphatic heterocycles. The van der Waals surface area contributed by atoms with Gasteiger partial charge in [-0.15, -0.1) is 0 Å². The van der Waals surface area contributed by atoms with E-state index in [4.69, 9.17) is 9.47 Å². The predicted octanol–water partition coefficient (Wildman–Crippen LogP) is 8.97. The molecule has 6 unspecified atom stereocenters. The Morgan fingerprint density at radius 2 is 0.955 bits per heavy atom. The summed E-state index contributed by atoms with van der Waals surface area (Å²) in [4.78, 5) is 0. The highest BCUT2D eigenvalue weighted by molar-refractivity contribution is 5.39. The van der Waals surface area contributed by atoms with Gasteiger partial charge in [-0.25, -0.2) is 0 Å². The van der Waals surface area contributed by atoms with Gasteiger partial charge in [0.05, 0.1) is 35.6 Å². The van der Waals surface area contributed by atoms with Crippen LogP contribution in [0.2, 0.25) is 0 Å². The van der Waals surface area contributed by atoms with Crippen molar-refractivity contribution in [2.45, 2.75) is 131 Å². The molecule has 44 heavy (non-hydrogen) atoms. The standard InChI is InChI=1S/C40H56O4/c1-27(17-13-19-29(3)33-21-35-37(5,6)23-31(41)25-39(35,9)43-33)15-11-12-16-28(2)18-14-20-30(4)34-22-36-38(7,8)24-32(42)26-40(36,10)44-34/h11-22,31-34,41-42H,23-26H2,1-10H3/b12-11-,17-13-,18-14+,27-15+,28-16+,29-19-,30-20-. The van der Waals surface area contributed by atoms with Crippen molar-refractivity contribution < 1.29 is 19.7 Å². The van der Waals surface area contributed by atoms with Gasteiger partial charge < -0.3 is 19.7 Å². The maximum Gasteiger partial charge on any atom is 0.0982 e. The van der Waals surface area contributed by atoms with E-state index in [1.54, 1.807) is 0 Å². The molecule has 0 amide bonds. The molecule has 2 N–H and O–H groups in total. The third-order valence-electron chi connectivity index (χ3n) is 9.91. The summed E-state index contributed by atoms with van der Waals surface area (Å²) in [5, 5.41) is 20.8. The first kappa shape index (κ1) is 34.4. The van der Waals surface area contributed by atoms with Gasteiger partial charge in [-0.2, -0.15) is 0 Å². The average molecular weight is 601 g/mol.